The Kier molecular flexibility index (Phi) is 2.45. The third-order valence-electron chi connectivity index (χ3n) is 2.80. The second-order valence-electron chi connectivity index (χ2n) is 4.22. The molecule has 0 amide bonds. The maximum atomic E-state index is 11.6. The number of fused-ring (bicyclic) bond motifs is 1. The molecule has 0 radical (unpaired) electrons. The number of nitrogens with zero attached hydrogens (tertiary/aromatic N) is 3. The molecule has 0 bridgehead atoms. The summed E-state index contributed by atoms with van der Waals surface area (Å²) in [5, 5.41) is 7.67. The van der Waals surface area contributed by atoms with Crippen LogP contribution in [0.4, 0.5) is 17.1 Å². The lowest BCUT2D eigenvalue weighted by Crippen LogP contribution is -2.07. The minimum Gasteiger partial charge on any atom is -0.397 e. The summed E-state index contributed by atoms with van der Waals surface area (Å²) in [6.07, 6.45) is 4.89. The van der Waals surface area contributed by atoms with Gasteiger partial charge in [-0.05, 0) is 12.1 Å². The van der Waals surface area contributed by atoms with Crippen molar-refractivity contribution in [1.82, 2.24) is 19.7 Å². The van der Waals surface area contributed by atoms with Gasteiger partial charge in [-0.25, -0.2) is 4.98 Å². The van der Waals surface area contributed by atoms with Crippen molar-refractivity contribution in [2.24, 2.45) is 7.05 Å². The van der Waals surface area contributed by atoms with Crippen molar-refractivity contribution in [2.45, 2.75) is 0 Å². The van der Waals surface area contributed by atoms with Crippen molar-refractivity contribution < 1.29 is 0 Å². The fourth-order valence-corrected chi connectivity index (χ4v) is 1.88. The Hall–Kier alpha value is -2.83. The van der Waals surface area contributed by atoms with Gasteiger partial charge in [-0.3, -0.25) is 9.48 Å². The van der Waals surface area contributed by atoms with Crippen LogP contribution in [0.5, 0.6) is 0 Å². The molecule has 96 valence electrons. The SMILES string of the molecule is Cn1cc(Nc2cc3nc[nH]c(=O)c3cc2N)cn1. The molecule has 0 unspecified atom stereocenters. The molecule has 19 heavy (non-hydrogen) atoms. The van der Waals surface area contributed by atoms with Gasteiger partial charge in [0, 0.05) is 13.2 Å². The van der Waals surface area contributed by atoms with Crippen molar-refractivity contribution in [3.8, 4) is 0 Å². The van der Waals surface area contributed by atoms with Crippen LogP contribution < -0.4 is 16.6 Å². The first-order chi connectivity index (χ1) is 9.13. The number of anilines is 3. The quantitative estimate of drug-likeness (QED) is 0.593. The fraction of sp³-hybridized carbons (Fsp3) is 0.0833. The van der Waals surface area contributed by atoms with Crippen molar-refractivity contribution in [3.05, 3.63) is 41.2 Å². The Morgan fingerprint density at radius 3 is 3.00 bits per heavy atom. The second-order valence-corrected chi connectivity index (χ2v) is 4.22. The highest BCUT2D eigenvalue weighted by atomic mass is 16.1. The molecule has 0 aliphatic heterocycles. The maximum Gasteiger partial charge on any atom is 0.258 e. The number of rotatable bonds is 2. The van der Waals surface area contributed by atoms with Crippen LogP contribution in [-0.4, -0.2) is 19.7 Å². The van der Waals surface area contributed by atoms with Gasteiger partial charge in [-0.1, -0.05) is 0 Å². The number of H-pyrrole nitrogens is 1. The Morgan fingerprint density at radius 1 is 1.42 bits per heavy atom. The summed E-state index contributed by atoms with van der Waals surface area (Å²) < 4.78 is 1.68. The first kappa shape index (κ1) is 11.3. The van der Waals surface area contributed by atoms with Gasteiger partial charge in [-0.15, -0.1) is 0 Å². The van der Waals surface area contributed by atoms with Crippen LogP contribution in [0.15, 0.2) is 35.6 Å². The van der Waals surface area contributed by atoms with Crippen LogP contribution >= 0.6 is 0 Å². The minimum atomic E-state index is -0.204. The van der Waals surface area contributed by atoms with E-state index in [2.05, 4.69) is 20.4 Å². The maximum absolute atomic E-state index is 11.6. The number of aromatic amines is 1. The van der Waals surface area contributed by atoms with E-state index in [0.29, 0.717) is 22.3 Å². The Morgan fingerprint density at radius 2 is 2.26 bits per heavy atom. The largest absolute Gasteiger partial charge is 0.397 e. The van der Waals surface area contributed by atoms with Gasteiger partial charge in [0.2, 0.25) is 0 Å². The van der Waals surface area contributed by atoms with Crippen molar-refractivity contribution in [3.63, 3.8) is 0 Å². The number of aromatic nitrogens is 4. The van der Waals surface area contributed by atoms with E-state index in [4.69, 9.17) is 5.73 Å². The van der Waals surface area contributed by atoms with Crippen LogP contribution in [0, 0.1) is 0 Å². The van der Waals surface area contributed by atoms with Crippen LogP contribution in [0.25, 0.3) is 10.9 Å². The average Bonchev–Trinajstić information content (AvgIpc) is 2.77. The molecule has 3 rings (SSSR count). The third kappa shape index (κ3) is 2.01. The minimum absolute atomic E-state index is 0.204. The van der Waals surface area contributed by atoms with Crippen LogP contribution in [-0.2, 0) is 7.05 Å². The van der Waals surface area contributed by atoms with Crippen molar-refractivity contribution in [2.75, 3.05) is 11.1 Å². The third-order valence-corrected chi connectivity index (χ3v) is 2.80. The topological polar surface area (TPSA) is 102 Å². The molecular formula is C12H12N6O. The number of nitrogens with one attached hydrogen (secondary N) is 2. The summed E-state index contributed by atoms with van der Waals surface area (Å²) in [4.78, 5) is 18.3. The van der Waals surface area contributed by atoms with E-state index in [1.807, 2.05) is 13.2 Å². The van der Waals surface area contributed by atoms with E-state index in [0.717, 1.165) is 5.69 Å². The van der Waals surface area contributed by atoms with E-state index in [1.165, 1.54) is 6.33 Å². The molecule has 3 aromatic rings. The van der Waals surface area contributed by atoms with Crippen LogP contribution in [0.3, 0.4) is 0 Å². The average molecular weight is 256 g/mol. The monoisotopic (exact) mass is 256 g/mol. The number of nitrogens with two attached hydrogens (primary N) is 1. The van der Waals surface area contributed by atoms with E-state index in [1.54, 1.807) is 23.0 Å². The summed E-state index contributed by atoms with van der Waals surface area (Å²) in [6, 6.07) is 3.35. The second kappa shape index (κ2) is 4.13. The fourth-order valence-electron chi connectivity index (χ4n) is 1.88. The predicted octanol–water partition coefficient (Wildman–Crippen LogP) is 0.982. The Balaban J connectivity index is 2.09. The molecule has 0 aliphatic carbocycles. The lowest BCUT2D eigenvalue weighted by molar-refractivity contribution is 0.768. The normalized spacial score (nSPS) is 10.8. The van der Waals surface area contributed by atoms with Gasteiger partial charge >= 0.3 is 0 Å². The highest BCUT2D eigenvalue weighted by molar-refractivity contribution is 5.89. The zero-order chi connectivity index (χ0) is 13.4. The molecule has 0 saturated heterocycles. The predicted molar refractivity (Wildman–Crippen MR) is 73.3 cm³/mol. The van der Waals surface area contributed by atoms with Crippen LogP contribution in [0.2, 0.25) is 0 Å². The smallest absolute Gasteiger partial charge is 0.258 e. The molecular weight excluding hydrogens is 244 g/mol. The van der Waals surface area contributed by atoms with Crippen molar-refractivity contribution >= 4 is 28.0 Å². The molecule has 2 aromatic heterocycles. The van der Waals surface area contributed by atoms with Gasteiger partial charge in [0.05, 0.1) is 40.5 Å². The van der Waals surface area contributed by atoms with E-state index in [9.17, 15) is 4.79 Å². The molecule has 0 saturated carbocycles. The van der Waals surface area contributed by atoms with Crippen molar-refractivity contribution in [1.29, 1.82) is 0 Å². The molecule has 0 atom stereocenters. The van der Waals surface area contributed by atoms with Crippen LogP contribution in [0.1, 0.15) is 0 Å². The molecule has 7 heteroatoms. The van der Waals surface area contributed by atoms with Gasteiger partial charge in [0.15, 0.2) is 0 Å². The number of hydrogen-bond donors (Lipinski definition) is 3. The van der Waals surface area contributed by atoms with Gasteiger partial charge in [0.25, 0.3) is 5.56 Å². The molecule has 2 heterocycles. The van der Waals surface area contributed by atoms with E-state index in [-0.39, 0.29) is 5.56 Å². The molecule has 1 aromatic carbocycles. The Bertz CT molecular complexity index is 803. The summed E-state index contributed by atoms with van der Waals surface area (Å²) >= 11 is 0. The van der Waals surface area contributed by atoms with E-state index >= 15 is 0 Å². The van der Waals surface area contributed by atoms with Gasteiger partial charge in [-0.2, -0.15) is 5.10 Å². The van der Waals surface area contributed by atoms with Gasteiger partial charge in [0.1, 0.15) is 0 Å². The summed E-state index contributed by atoms with van der Waals surface area (Å²) in [7, 11) is 1.83. The summed E-state index contributed by atoms with van der Waals surface area (Å²) in [6.45, 7) is 0. The lowest BCUT2D eigenvalue weighted by Gasteiger charge is -2.08. The standard InChI is InChI=1S/C12H12N6O/c1-18-5-7(4-16-18)17-11-3-10-8(2-9(11)13)12(19)15-6-14-10/h2-6,17H,13H2,1H3,(H,14,15,19). The highest BCUT2D eigenvalue weighted by Crippen LogP contribution is 2.26. The number of aryl methyl sites for hydroxylation is 1. The van der Waals surface area contributed by atoms with E-state index < -0.39 is 0 Å². The first-order valence-corrected chi connectivity index (χ1v) is 5.66. The highest BCUT2D eigenvalue weighted by Gasteiger charge is 2.06. The first-order valence-electron chi connectivity index (χ1n) is 5.66. The van der Waals surface area contributed by atoms with Gasteiger partial charge < -0.3 is 16.0 Å². The Labute approximate surface area is 108 Å². The summed E-state index contributed by atoms with van der Waals surface area (Å²) in [5.41, 5.74) is 8.32. The number of benzene rings is 1. The zero-order valence-electron chi connectivity index (χ0n) is 10.2. The molecule has 0 aliphatic rings. The molecule has 0 fully saturated rings. The zero-order valence-corrected chi connectivity index (χ0v) is 10.2. The number of hydrogen-bond acceptors (Lipinski definition) is 5. The molecule has 7 nitrogen and oxygen atoms in total. The molecule has 4 N–H and O–H groups in total. The summed E-state index contributed by atoms with van der Waals surface area (Å²) in [5.74, 6) is 0. The lowest BCUT2D eigenvalue weighted by atomic mass is 10.2. The number of nitrogen functional groups attached to an aromatic ring is 1. The molecule has 0 spiro atoms.